The highest BCUT2D eigenvalue weighted by Crippen LogP contribution is 2.38. The lowest BCUT2D eigenvalue weighted by Gasteiger charge is -2.17. The van der Waals surface area contributed by atoms with E-state index in [-0.39, 0.29) is 16.6 Å². The summed E-state index contributed by atoms with van der Waals surface area (Å²) < 4.78 is 48.1. The molecule has 144 valence electrons. The summed E-state index contributed by atoms with van der Waals surface area (Å²) in [5.74, 6) is -0.159. The molecule has 1 aromatic heterocycles. The summed E-state index contributed by atoms with van der Waals surface area (Å²) in [6.45, 7) is 13.2. The third-order valence-corrected chi connectivity index (χ3v) is 5.36. The fraction of sp³-hybridized carbons (Fsp3) is 0.421. The maximum atomic E-state index is 14.1. The van der Waals surface area contributed by atoms with Gasteiger partial charge in [0.2, 0.25) is 21.1 Å². The van der Waals surface area contributed by atoms with E-state index in [4.69, 9.17) is 18.6 Å². The van der Waals surface area contributed by atoms with Gasteiger partial charge in [0.05, 0.1) is 0 Å². The molecule has 7 heteroatoms. The Labute approximate surface area is 160 Å². The molecule has 0 atom stereocenters. The van der Waals surface area contributed by atoms with Crippen LogP contribution in [0, 0.1) is 16.1 Å². The van der Waals surface area contributed by atoms with Crippen molar-refractivity contribution in [2.24, 2.45) is 0 Å². The van der Waals surface area contributed by atoms with Gasteiger partial charge in [0.1, 0.15) is 5.82 Å². The van der Waals surface area contributed by atoms with Crippen LogP contribution in [-0.4, -0.2) is 0 Å². The smallest absolute Gasteiger partial charge is 0.219 e. The van der Waals surface area contributed by atoms with Crippen molar-refractivity contribution in [2.45, 2.75) is 52.4 Å². The Bertz CT molecular complexity index is 708. The van der Waals surface area contributed by atoms with Crippen LogP contribution in [0.15, 0.2) is 36.4 Å². The molecule has 0 saturated carbocycles. The second-order valence-corrected chi connectivity index (χ2v) is 9.77. The van der Waals surface area contributed by atoms with Crippen molar-refractivity contribution < 1.29 is 33.3 Å². The zero-order chi connectivity index (χ0) is 20.3. The van der Waals surface area contributed by atoms with Gasteiger partial charge in [-0.2, -0.15) is 0 Å². The van der Waals surface area contributed by atoms with Gasteiger partial charge in [0.25, 0.3) is 0 Å². The van der Waals surface area contributed by atoms with Crippen LogP contribution in [0.1, 0.15) is 51.3 Å². The zero-order valence-electron chi connectivity index (χ0n) is 15.8. The Hall–Kier alpha value is -1.15. The van der Waals surface area contributed by atoms with E-state index in [9.17, 15) is 4.39 Å². The van der Waals surface area contributed by atoms with Crippen LogP contribution in [-0.2, 0) is 10.8 Å². The van der Waals surface area contributed by atoms with E-state index in [1.807, 2.05) is 23.5 Å². The summed E-state index contributed by atoms with van der Waals surface area (Å²) in [6, 6.07) is 11.3. The molecule has 0 amide bonds. The van der Waals surface area contributed by atoms with Gasteiger partial charge in [-0.15, -0.1) is 10.2 Å². The van der Waals surface area contributed by atoms with Crippen LogP contribution in [0.3, 0.4) is 0 Å². The van der Waals surface area contributed by atoms with Crippen molar-refractivity contribution >= 4 is 11.3 Å². The highest BCUT2D eigenvalue weighted by molar-refractivity contribution is 7.12. The average molecular weight is 403 g/mol. The Balaban J connectivity index is 0.000000597. The maximum Gasteiger partial charge on any atom is 0.219 e. The molecule has 0 saturated heterocycles. The summed E-state index contributed by atoms with van der Waals surface area (Å²) in [5, 5.41) is 0. The standard InChI is InChI=1S/C19H24FS.ClHO4/c1-18(2,3)16-11-13(12-17(21-16)19(4,5)6)14-9-7-8-10-15(14)20;2-1(3,4)5/h7-12H,1-6H3;(H,2,3,4,5)/q+1;/p-1. The van der Waals surface area contributed by atoms with Gasteiger partial charge in [-0.3, -0.25) is 0 Å². The van der Waals surface area contributed by atoms with Crippen molar-refractivity contribution in [3.63, 3.8) is 0 Å². The number of hydrogen-bond acceptors (Lipinski definition) is 4. The monoisotopic (exact) mass is 402 g/mol. The number of halogens is 2. The van der Waals surface area contributed by atoms with Gasteiger partial charge < -0.3 is 0 Å². The van der Waals surface area contributed by atoms with Gasteiger partial charge in [0, 0.05) is 28.5 Å². The summed E-state index contributed by atoms with van der Waals surface area (Å²) in [7, 11) is -4.94. The lowest BCUT2D eigenvalue weighted by Crippen LogP contribution is -2.68. The summed E-state index contributed by atoms with van der Waals surface area (Å²) in [4.78, 5) is 2.57. The molecule has 0 spiro atoms. The molecular formula is C19H24ClFO4S. The SMILES string of the molecule is CC(C)(C)c1cc(-c2ccccc2F)cc(C(C)(C)C)[s+]1.[O-][Cl+3]([O-])([O-])[O-]. The van der Waals surface area contributed by atoms with E-state index in [2.05, 4.69) is 53.7 Å². The van der Waals surface area contributed by atoms with Crippen molar-refractivity contribution in [3.05, 3.63) is 52.0 Å². The third kappa shape index (κ3) is 7.61. The van der Waals surface area contributed by atoms with Gasteiger partial charge >= 0.3 is 0 Å². The quantitative estimate of drug-likeness (QED) is 0.678. The topological polar surface area (TPSA) is 92.2 Å². The van der Waals surface area contributed by atoms with Gasteiger partial charge in [-0.1, -0.05) is 59.7 Å². The largest absolute Gasteiger partial charge is 0.222 e. The van der Waals surface area contributed by atoms with Crippen LogP contribution in [0.2, 0.25) is 0 Å². The van der Waals surface area contributed by atoms with E-state index < -0.39 is 10.2 Å². The summed E-state index contributed by atoms with van der Waals surface area (Å²) in [6.07, 6.45) is 0. The predicted molar refractivity (Wildman–Crippen MR) is 91.5 cm³/mol. The molecule has 1 aromatic carbocycles. The number of rotatable bonds is 1. The first-order valence-corrected chi connectivity index (χ1v) is 10.00. The Morgan fingerprint density at radius 3 is 1.54 bits per heavy atom. The molecule has 0 N–H and O–H groups in total. The van der Waals surface area contributed by atoms with Crippen LogP contribution in [0.25, 0.3) is 11.1 Å². The molecule has 0 radical (unpaired) electrons. The fourth-order valence-electron chi connectivity index (χ4n) is 2.09. The first-order valence-electron chi connectivity index (χ1n) is 7.95. The molecule has 0 aliphatic carbocycles. The Kier molecular flexibility index (Phi) is 7.26. The van der Waals surface area contributed by atoms with Crippen molar-refractivity contribution in [1.82, 2.24) is 0 Å². The third-order valence-electron chi connectivity index (χ3n) is 3.46. The lowest BCUT2D eigenvalue weighted by molar-refractivity contribution is -2.00. The van der Waals surface area contributed by atoms with Crippen molar-refractivity contribution in [3.8, 4) is 11.1 Å². The Morgan fingerprint density at radius 1 is 0.808 bits per heavy atom. The van der Waals surface area contributed by atoms with Gasteiger partial charge in [0.15, 0.2) is 0 Å². The fourth-order valence-corrected chi connectivity index (χ4v) is 3.31. The zero-order valence-corrected chi connectivity index (χ0v) is 17.3. The predicted octanol–water partition coefficient (Wildman–Crippen LogP) is 1.67. The normalized spacial score (nSPS) is 12.4. The van der Waals surface area contributed by atoms with Gasteiger partial charge in [-0.25, -0.2) is 23.0 Å². The molecular weight excluding hydrogens is 379 g/mol. The molecule has 0 fully saturated rings. The molecule has 26 heavy (non-hydrogen) atoms. The van der Waals surface area contributed by atoms with Gasteiger partial charge in [-0.05, 0) is 11.6 Å². The summed E-state index contributed by atoms with van der Waals surface area (Å²) in [5.41, 5.74) is 1.78. The molecule has 2 rings (SSSR count). The average Bonchev–Trinajstić information content (AvgIpc) is 2.43. The molecule has 0 unspecified atom stereocenters. The highest BCUT2D eigenvalue weighted by atomic mass is 35.7. The lowest BCUT2D eigenvalue weighted by atomic mass is 9.90. The second kappa shape index (κ2) is 8.25. The maximum absolute atomic E-state index is 14.1. The minimum Gasteiger partial charge on any atom is -0.222 e. The second-order valence-electron chi connectivity index (χ2n) is 7.93. The van der Waals surface area contributed by atoms with E-state index in [1.165, 1.54) is 15.8 Å². The van der Waals surface area contributed by atoms with E-state index in [1.54, 1.807) is 6.07 Å². The summed E-state index contributed by atoms with van der Waals surface area (Å²) >= 11 is 1.83. The molecule has 1 heterocycles. The van der Waals surface area contributed by atoms with E-state index >= 15 is 0 Å². The number of benzene rings is 1. The number of hydrogen-bond donors (Lipinski definition) is 0. The first-order chi connectivity index (χ1) is 11.6. The minimum atomic E-state index is -4.94. The highest BCUT2D eigenvalue weighted by Gasteiger charge is 2.32. The molecule has 2 aromatic rings. The molecule has 4 nitrogen and oxygen atoms in total. The van der Waals surface area contributed by atoms with Crippen LogP contribution in [0.5, 0.6) is 0 Å². The Morgan fingerprint density at radius 2 is 1.19 bits per heavy atom. The molecule has 0 bridgehead atoms. The molecule has 0 aliphatic rings. The van der Waals surface area contributed by atoms with Crippen molar-refractivity contribution in [2.75, 3.05) is 0 Å². The van der Waals surface area contributed by atoms with E-state index in [0.29, 0.717) is 5.56 Å². The van der Waals surface area contributed by atoms with Crippen LogP contribution < -0.4 is 18.6 Å². The van der Waals surface area contributed by atoms with Crippen molar-refractivity contribution in [1.29, 1.82) is 0 Å². The van der Waals surface area contributed by atoms with Crippen LogP contribution in [0.4, 0.5) is 4.39 Å². The van der Waals surface area contributed by atoms with E-state index in [0.717, 1.165) is 5.56 Å². The molecule has 0 aliphatic heterocycles. The first kappa shape index (κ1) is 22.9. The minimum absolute atomic E-state index is 0.0614. The van der Waals surface area contributed by atoms with Crippen LogP contribution >= 0.6 is 11.3 Å².